The van der Waals surface area contributed by atoms with Crippen LogP contribution >= 0.6 is 11.3 Å². The van der Waals surface area contributed by atoms with Gasteiger partial charge >= 0.3 is 0 Å². The molecule has 1 aliphatic heterocycles. The van der Waals surface area contributed by atoms with Crippen molar-refractivity contribution in [1.82, 2.24) is 20.0 Å². The predicted molar refractivity (Wildman–Crippen MR) is 92.8 cm³/mol. The molecular formula is C16H21N5O2S. The molecule has 2 heterocycles. The number of amides is 1. The van der Waals surface area contributed by atoms with Crippen LogP contribution in [0.15, 0.2) is 35.8 Å². The Kier molecular flexibility index (Phi) is 5.86. The average molecular weight is 347 g/mol. The third kappa shape index (κ3) is 4.81. The number of β-amino-alcohol motifs (C(OH)–C–C–N with tert-alkyl or cyclic N) is 1. The van der Waals surface area contributed by atoms with Gasteiger partial charge in [-0.15, -0.1) is 10.2 Å². The van der Waals surface area contributed by atoms with Crippen LogP contribution < -0.4 is 5.32 Å². The second-order valence-electron chi connectivity index (χ2n) is 5.80. The van der Waals surface area contributed by atoms with Crippen LogP contribution in [0.2, 0.25) is 0 Å². The molecule has 128 valence electrons. The molecule has 0 aliphatic carbocycles. The van der Waals surface area contributed by atoms with E-state index in [0.29, 0.717) is 18.2 Å². The molecule has 1 saturated heterocycles. The fraction of sp³-hybridized carbons (Fsp3) is 0.438. The number of carbonyl (C=O) groups is 1. The van der Waals surface area contributed by atoms with Gasteiger partial charge in [-0.2, -0.15) is 0 Å². The molecule has 3 rings (SSSR count). The molecule has 1 fully saturated rings. The normalized spacial score (nSPS) is 17.5. The van der Waals surface area contributed by atoms with Gasteiger partial charge in [-0.3, -0.25) is 19.9 Å². The second-order valence-corrected chi connectivity index (χ2v) is 6.63. The van der Waals surface area contributed by atoms with E-state index >= 15 is 0 Å². The lowest BCUT2D eigenvalue weighted by molar-refractivity contribution is -0.117. The van der Waals surface area contributed by atoms with Gasteiger partial charge in [0.15, 0.2) is 0 Å². The van der Waals surface area contributed by atoms with Gasteiger partial charge in [-0.05, 0) is 5.56 Å². The lowest BCUT2D eigenvalue weighted by Crippen LogP contribution is -2.49. The number of rotatable bonds is 6. The minimum Gasteiger partial charge on any atom is -0.387 e. The third-order valence-electron chi connectivity index (χ3n) is 4.05. The van der Waals surface area contributed by atoms with E-state index in [1.54, 1.807) is 5.51 Å². The molecule has 2 N–H and O–H groups in total. The Morgan fingerprint density at radius 2 is 1.92 bits per heavy atom. The van der Waals surface area contributed by atoms with Crippen molar-refractivity contribution in [2.24, 2.45) is 0 Å². The molecule has 2 aromatic rings. The SMILES string of the molecule is O=C(CN1CCN(CC(O)c2ccccc2)CC1)Nc1nncs1. The molecule has 1 amide bonds. The van der Waals surface area contributed by atoms with Crippen LogP contribution in [0, 0.1) is 0 Å². The summed E-state index contributed by atoms with van der Waals surface area (Å²) in [5.41, 5.74) is 2.53. The number of nitrogens with zero attached hydrogens (tertiary/aromatic N) is 4. The first-order valence-corrected chi connectivity index (χ1v) is 8.82. The predicted octanol–water partition coefficient (Wildman–Crippen LogP) is 0.828. The van der Waals surface area contributed by atoms with Crippen LogP contribution in [0.4, 0.5) is 5.13 Å². The summed E-state index contributed by atoms with van der Waals surface area (Å²) in [7, 11) is 0. The summed E-state index contributed by atoms with van der Waals surface area (Å²) in [5, 5.41) is 21.1. The van der Waals surface area contributed by atoms with Crippen molar-refractivity contribution in [2.75, 3.05) is 44.6 Å². The van der Waals surface area contributed by atoms with Crippen molar-refractivity contribution in [1.29, 1.82) is 0 Å². The Hall–Kier alpha value is -1.87. The number of hydrogen-bond donors (Lipinski definition) is 2. The summed E-state index contributed by atoms with van der Waals surface area (Å²) in [6.45, 7) is 4.28. The van der Waals surface area contributed by atoms with Crippen LogP contribution in [-0.4, -0.2) is 70.3 Å². The van der Waals surface area contributed by atoms with Crippen LogP contribution in [0.3, 0.4) is 0 Å². The van der Waals surface area contributed by atoms with E-state index in [4.69, 9.17) is 0 Å². The first kappa shape index (κ1) is 17.0. The molecule has 24 heavy (non-hydrogen) atoms. The highest BCUT2D eigenvalue weighted by Crippen LogP contribution is 2.15. The standard InChI is InChI=1S/C16H21N5O2S/c22-14(13-4-2-1-3-5-13)10-20-6-8-21(9-7-20)11-15(23)18-16-19-17-12-24-16/h1-5,12,14,22H,6-11H2,(H,18,19,23). The van der Waals surface area contributed by atoms with E-state index in [1.807, 2.05) is 30.3 Å². The molecule has 1 atom stereocenters. The molecule has 1 aliphatic rings. The summed E-state index contributed by atoms with van der Waals surface area (Å²) in [5.74, 6) is -0.0653. The van der Waals surface area contributed by atoms with E-state index in [1.165, 1.54) is 11.3 Å². The van der Waals surface area contributed by atoms with E-state index in [2.05, 4.69) is 25.3 Å². The van der Waals surface area contributed by atoms with Crippen molar-refractivity contribution >= 4 is 22.4 Å². The summed E-state index contributed by atoms with van der Waals surface area (Å²) in [4.78, 5) is 16.3. The van der Waals surface area contributed by atoms with E-state index in [0.717, 1.165) is 31.7 Å². The van der Waals surface area contributed by atoms with Gasteiger partial charge in [-0.1, -0.05) is 41.7 Å². The smallest absolute Gasteiger partial charge is 0.240 e. The molecule has 0 radical (unpaired) electrons. The zero-order valence-corrected chi connectivity index (χ0v) is 14.2. The highest BCUT2D eigenvalue weighted by Gasteiger charge is 2.21. The molecule has 7 nitrogen and oxygen atoms in total. The zero-order chi connectivity index (χ0) is 16.8. The summed E-state index contributed by atoms with van der Waals surface area (Å²) in [6, 6.07) is 9.71. The largest absolute Gasteiger partial charge is 0.387 e. The fourth-order valence-corrected chi connectivity index (χ4v) is 3.21. The van der Waals surface area contributed by atoms with Gasteiger partial charge in [0.05, 0.1) is 12.6 Å². The highest BCUT2D eigenvalue weighted by atomic mass is 32.1. The van der Waals surface area contributed by atoms with Gasteiger partial charge in [0.25, 0.3) is 0 Å². The van der Waals surface area contributed by atoms with Crippen molar-refractivity contribution in [3.8, 4) is 0 Å². The number of carbonyl (C=O) groups excluding carboxylic acids is 1. The maximum absolute atomic E-state index is 12.0. The highest BCUT2D eigenvalue weighted by molar-refractivity contribution is 7.13. The van der Waals surface area contributed by atoms with Crippen molar-refractivity contribution in [3.05, 3.63) is 41.4 Å². The monoisotopic (exact) mass is 347 g/mol. The quantitative estimate of drug-likeness (QED) is 0.805. The minimum atomic E-state index is -0.474. The third-order valence-corrected chi connectivity index (χ3v) is 4.66. The molecule has 0 spiro atoms. The molecular weight excluding hydrogens is 326 g/mol. The molecule has 1 unspecified atom stereocenters. The number of aromatic nitrogens is 2. The number of nitrogens with one attached hydrogen (secondary N) is 1. The van der Waals surface area contributed by atoms with Crippen molar-refractivity contribution < 1.29 is 9.90 Å². The number of piperazine rings is 1. The lowest BCUT2D eigenvalue weighted by Gasteiger charge is -2.35. The number of anilines is 1. The molecule has 1 aromatic heterocycles. The Bertz CT molecular complexity index is 629. The van der Waals surface area contributed by atoms with E-state index in [9.17, 15) is 9.90 Å². The lowest BCUT2D eigenvalue weighted by atomic mass is 10.1. The first-order valence-electron chi connectivity index (χ1n) is 7.94. The second kappa shape index (κ2) is 8.29. The van der Waals surface area contributed by atoms with Gasteiger partial charge in [0.1, 0.15) is 5.51 Å². The maximum Gasteiger partial charge on any atom is 0.240 e. The summed E-state index contributed by atoms with van der Waals surface area (Å²) >= 11 is 1.31. The van der Waals surface area contributed by atoms with Crippen molar-refractivity contribution in [2.45, 2.75) is 6.10 Å². The Labute approximate surface area is 144 Å². The van der Waals surface area contributed by atoms with Gasteiger partial charge in [-0.25, -0.2) is 0 Å². The van der Waals surface area contributed by atoms with Gasteiger partial charge in [0.2, 0.25) is 11.0 Å². The van der Waals surface area contributed by atoms with Gasteiger partial charge in [0, 0.05) is 32.7 Å². The Morgan fingerprint density at radius 3 is 2.58 bits per heavy atom. The van der Waals surface area contributed by atoms with Crippen LogP contribution in [-0.2, 0) is 4.79 Å². The summed E-state index contributed by atoms with van der Waals surface area (Å²) < 4.78 is 0. The molecule has 0 saturated carbocycles. The minimum absolute atomic E-state index is 0.0653. The van der Waals surface area contributed by atoms with Crippen LogP contribution in [0.25, 0.3) is 0 Å². The Balaban J connectivity index is 1.40. The number of benzene rings is 1. The van der Waals surface area contributed by atoms with E-state index in [-0.39, 0.29) is 5.91 Å². The number of hydrogen-bond acceptors (Lipinski definition) is 7. The molecule has 0 bridgehead atoms. The van der Waals surface area contributed by atoms with Crippen LogP contribution in [0.1, 0.15) is 11.7 Å². The fourth-order valence-electron chi connectivity index (χ4n) is 2.74. The number of aliphatic hydroxyl groups excluding tert-OH is 1. The topological polar surface area (TPSA) is 81.6 Å². The first-order chi connectivity index (χ1) is 11.7. The number of aliphatic hydroxyl groups is 1. The zero-order valence-electron chi connectivity index (χ0n) is 13.3. The average Bonchev–Trinajstić information content (AvgIpc) is 3.10. The van der Waals surface area contributed by atoms with Crippen molar-refractivity contribution in [3.63, 3.8) is 0 Å². The van der Waals surface area contributed by atoms with Gasteiger partial charge < -0.3 is 5.11 Å². The Morgan fingerprint density at radius 1 is 1.21 bits per heavy atom. The molecule has 8 heteroatoms. The maximum atomic E-state index is 12.0. The van der Waals surface area contributed by atoms with E-state index < -0.39 is 6.10 Å². The molecule has 1 aromatic carbocycles. The van der Waals surface area contributed by atoms with Crippen LogP contribution in [0.5, 0.6) is 0 Å². The summed E-state index contributed by atoms with van der Waals surface area (Å²) in [6.07, 6.45) is -0.474.